The van der Waals surface area contributed by atoms with Crippen LogP contribution in [0.25, 0.3) is 5.65 Å². The molecule has 2 fully saturated rings. The van der Waals surface area contributed by atoms with Crippen LogP contribution in [0.3, 0.4) is 0 Å². The lowest BCUT2D eigenvalue weighted by atomic mass is 10.0. The van der Waals surface area contributed by atoms with Gasteiger partial charge in [0.15, 0.2) is 11.8 Å². The van der Waals surface area contributed by atoms with Gasteiger partial charge in [-0.3, -0.25) is 15.4 Å². The normalized spacial score (nSPS) is 21.5. The number of imide groups is 1. The van der Waals surface area contributed by atoms with E-state index in [1.165, 1.54) is 46.1 Å². The van der Waals surface area contributed by atoms with Gasteiger partial charge in [-0.05, 0) is 18.2 Å². The number of alkyl halides is 2. The molecule has 0 aliphatic carbocycles. The third-order valence-corrected chi connectivity index (χ3v) is 5.70. The maximum atomic E-state index is 14.8. The van der Waals surface area contributed by atoms with Gasteiger partial charge in [0.1, 0.15) is 5.82 Å². The SMILES string of the molecule is O=C1NCC(c2cc(N3C[C@H](OC(=O)Nc4ccccc4F)C(F)(F)C3)c3nccn3n2)C(=O)N1. The fourth-order valence-electron chi connectivity index (χ4n) is 3.98. The molecule has 1 aromatic carbocycles. The van der Waals surface area contributed by atoms with Crippen molar-refractivity contribution in [2.45, 2.75) is 17.9 Å². The molecule has 5 rings (SSSR count). The number of para-hydroxylation sites is 1. The summed E-state index contributed by atoms with van der Waals surface area (Å²) >= 11 is 0. The highest BCUT2D eigenvalue weighted by Crippen LogP contribution is 2.36. The summed E-state index contributed by atoms with van der Waals surface area (Å²) in [7, 11) is 0. The van der Waals surface area contributed by atoms with Crippen LogP contribution in [-0.2, 0) is 9.53 Å². The van der Waals surface area contributed by atoms with Crippen molar-refractivity contribution in [2.24, 2.45) is 0 Å². The van der Waals surface area contributed by atoms with Crippen LogP contribution in [0.1, 0.15) is 11.6 Å². The molecule has 3 aromatic rings. The molecule has 0 saturated carbocycles. The van der Waals surface area contributed by atoms with E-state index in [-0.39, 0.29) is 29.3 Å². The van der Waals surface area contributed by atoms with E-state index < -0.39 is 54.9 Å². The highest BCUT2D eigenvalue weighted by Gasteiger charge is 2.51. The molecule has 0 spiro atoms. The van der Waals surface area contributed by atoms with Crippen molar-refractivity contribution < 1.29 is 32.3 Å². The number of carbonyl (C=O) groups is 3. The summed E-state index contributed by atoms with van der Waals surface area (Å²) in [5, 5.41) is 11.1. The summed E-state index contributed by atoms with van der Waals surface area (Å²) in [5.41, 5.74) is 0.519. The zero-order chi connectivity index (χ0) is 24.7. The molecule has 11 nitrogen and oxygen atoms in total. The average molecular weight is 489 g/mol. The lowest BCUT2D eigenvalue weighted by Crippen LogP contribution is -2.51. The molecule has 1 unspecified atom stereocenters. The first-order chi connectivity index (χ1) is 16.7. The molecule has 2 saturated heterocycles. The van der Waals surface area contributed by atoms with Crippen LogP contribution in [0.5, 0.6) is 0 Å². The molecule has 4 amide bonds. The van der Waals surface area contributed by atoms with Crippen molar-refractivity contribution >= 4 is 35.1 Å². The number of imidazole rings is 1. The lowest BCUT2D eigenvalue weighted by molar-refractivity contribution is -0.122. The number of benzene rings is 1. The second kappa shape index (κ2) is 8.45. The number of hydrogen-bond donors (Lipinski definition) is 3. The Kier molecular flexibility index (Phi) is 5.42. The van der Waals surface area contributed by atoms with E-state index in [0.29, 0.717) is 0 Å². The van der Waals surface area contributed by atoms with Crippen LogP contribution in [-0.4, -0.2) is 64.3 Å². The van der Waals surface area contributed by atoms with Crippen LogP contribution in [0.2, 0.25) is 0 Å². The first kappa shape index (κ1) is 22.4. The molecule has 182 valence electrons. The molecule has 4 heterocycles. The predicted octanol–water partition coefficient (Wildman–Crippen LogP) is 1.86. The maximum absolute atomic E-state index is 14.8. The van der Waals surface area contributed by atoms with Gasteiger partial charge in [-0.2, -0.15) is 5.10 Å². The predicted molar refractivity (Wildman–Crippen MR) is 115 cm³/mol. The minimum Gasteiger partial charge on any atom is -0.438 e. The number of hydrogen-bond acceptors (Lipinski definition) is 7. The van der Waals surface area contributed by atoms with Crippen LogP contribution in [0.15, 0.2) is 42.7 Å². The summed E-state index contributed by atoms with van der Waals surface area (Å²) < 4.78 is 49.7. The first-order valence-electron chi connectivity index (χ1n) is 10.5. The van der Waals surface area contributed by atoms with Gasteiger partial charge in [-0.1, -0.05) is 12.1 Å². The molecule has 0 radical (unpaired) electrons. The van der Waals surface area contributed by atoms with E-state index in [1.54, 1.807) is 0 Å². The monoisotopic (exact) mass is 489 g/mol. The smallest absolute Gasteiger partial charge is 0.412 e. The standard InChI is InChI=1S/C21H18F3N7O4/c22-12-3-1-2-4-13(12)27-20(34)35-16-9-30(10-21(16,23)24)15-7-14(29-31-6-5-25-17(15)31)11-8-26-19(33)28-18(11)32/h1-7,11,16H,8-10H2,(H,27,34)(H2,26,28,32,33)/t11?,16-/m0/s1. The fraction of sp³-hybridized carbons (Fsp3) is 0.286. The highest BCUT2D eigenvalue weighted by molar-refractivity contribution is 6.00. The number of aromatic nitrogens is 3. The van der Waals surface area contributed by atoms with Gasteiger partial charge in [-0.25, -0.2) is 32.3 Å². The Hall–Kier alpha value is -4.36. The van der Waals surface area contributed by atoms with Gasteiger partial charge in [0.05, 0.1) is 36.1 Å². The number of amides is 4. The Morgan fingerprint density at radius 1 is 1.26 bits per heavy atom. The topological polar surface area (TPSA) is 130 Å². The van der Waals surface area contributed by atoms with Gasteiger partial charge >= 0.3 is 18.0 Å². The Balaban J connectivity index is 1.39. The third-order valence-electron chi connectivity index (χ3n) is 5.70. The number of fused-ring (bicyclic) bond motifs is 1. The van der Waals surface area contributed by atoms with E-state index >= 15 is 0 Å². The van der Waals surface area contributed by atoms with Crippen molar-refractivity contribution in [1.82, 2.24) is 25.2 Å². The summed E-state index contributed by atoms with van der Waals surface area (Å²) in [6.07, 6.45) is -0.149. The van der Waals surface area contributed by atoms with Crippen LogP contribution in [0.4, 0.5) is 34.1 Å². The van der Waals surface area contributed by atoms with Gasteiger partial charge in [0, 0.05) is 18.9 Å². The summed E-state index contributed by atoms with van der Waals surface area (Å²) in [6.45, 7) is -1.21. The number of ether oxygens (including phenoxy) is 1. The highest BCUT2D eigenvalue weighted by atomic mass is 19.3. The molecule has 0 bridgehead atoms. The van der Waals surface area contributed by atoms with E-state index in [4.69, 9.17) is 4.74 Å². The average Bonchev–Trinajstić information content (AvgIpc) is 3.38. The van der Waals surface area contributed by atoms with Gasteiger partial charge in [0.25, 0.3) is 0 Å². The molecule has 2 aliphatic heterocycles. The van der Waals surface area contributed by atoms with Crippen molar-refractivity contribution in [1.29, 1.82) is 0 Å². The molecule has 3 N–H and O–H groups in total. The lowest BCUT2D eigenvalue weighted by Gasteiger charge is -2.24. The zero-order valence-corrected chi connectivity index (χ0v) is 17.9. The van der Waals surface area contributed by atoms with E-state index in [2.05, 4.69) is 26.0 Å². The van der Waals surface area contributed by atoms with Crippen LogP contribution in [0, 0.1) is 5.82 Å². The van der Waals surface area contributed by atoms with Crippen molar-refractivity contribution in [2.75, 3.05) is 29.9 Å². The summed E-state index contributed by atoms with van der Waals surface area (Å²) in [4.78, 5) is 41.3. The number of anilines is 2. The number of nitrogens with one attached hydrogen (secondary N) is 3. The minimum atomic E-state index is -3.43. The number of carbonyl (C=O) groups excluding carboxylic acids is 3. The van der Waals surface area contributed by atoms with Gasteiger partial charge in [0.2, 0.25) is 5.91 Å². The zero-order valence-electron chi connectivity index (χ0n) is 17.9. The number of halogens is 3. The van der Waals surface area contributed by atoms with Gasteiger partial charge < -0.3 is 15.0 Å². The molecular weight excluding hydrogens is 471 g/mol. The molecular formula is C21H18F3N7O4. The Morgan fingerprint density at radius 2 is 2.06 bits per heavy atom. The Bertz CT molecular complexity index is 1330. The maximum Gasteiger partial charge on any atom is 0.412 e. The Labute approximate surface area is 195 Å². The number of rotatable bonds is 4. The number of nitrogens with zero attached hydrogens (tertiary/aromatic N) is 4. The molecule has 35 heavy (non-hydrogen) atoms. The van der Waals surface area contributed by atoms with E-state index in [0.717, 1.165) is 6.07 Å². The second-order valence-electron chi connectivity index (χ2n) is 8.04. The first-order valence-corrected chi connectivity index (χ1v) is 10.5. The van der Waals surface area contributed by atoms with Crippen molar-refractivity contribution in [3.63, 3.8) is 0 Å². The largest absolute Gasteiger partial charge is 0.438 e. The second-order valence-corrected chi connectivity index (χ2v) is 8.04. The van der Waals surface area contributed by atoms with E-state index in [9.17, 15) is 27.6 Å². The summed E-state index contributed by atoms with van der Waals surface area (Å²) in [6, 6.07) is 6.08. The van der Waals surface area contributed by atoms with Crippen molar-refractivity contribution in [3.8, 4) is 0 Å². The van der Waals surface area contributed by atoms with Crippen LogP contribution < -0.4 is 20.9 Å². The summed E-state index contributed by atoms with van der Waals surface area (Å²) in [5.74, 6) is -5.60. The molecule has 2 atom stereocenters. The molecule has 14 heteroatoms. The minimum absolute atomic E-state index is 0.0184. The quantitative estimate of drug-likeness (QED) is 0.510. The fourth-order valence-corrected chi connectivity index (χ4v) is 3.98. The molecule has 2 aliphatic rings. The Morgan fingerprint density at radius 3 is 2.83 bits per heavy atom. The van der Waals surface area contributed by atoms with E-state index in [1.807, 2.05) is 0 Å². The van der Waals surface area contributed by atoms with Gasteiger partial charge in [-0.15, -0.1) is 0 Å². The third kappa shape index (κ3) is 4.29. The molecule has 2 aromatic heterocycles. The van der Waals surface area contributed by atoms with Crippen LogP contribution >= 0.6 is 0 Å². The van der Waals surface area contributed by atoms with Crippen molar-refractivity contribution in [3.05, 3.63) is 54.2 Å². The number of urea groups is 1.